The van der Waals surface area contributed by atoms with Crippen molar-refractivity contribution in [2.75, 3.05) is 23.0 Å². The zero-order valence-corrected chi connectivity index (χ0v) is 40.1. The second-order valence-electron chi connectivity index (χ2n) is 14.9. The van der Waals surface area contributed by atoms with Crippen LogP contribution in [-0.2, 0) is 60.8 Å². The Morgan fingerprint density at radius 3 is 1.33 bits per heavy atom. The molecule has 70 heavy (non-hydrogen) atoms. The van der Waals surface area contributed by atoms with Gasteiger partial charge in [-0.25, -0.2) is 19.0 Å². The topological polar surface area (TPSA) is 410 Å². The molecule has 0 unspecified atom stereocenters. The number of carboxylic acid groups (broad SMARTS) is 2. The average Bonchev–Trinajstić information content (AvgIpc) is 3.96. The standard InChI is InChI=1S/2C18H18N6O8S3/c2*25-13(9-4-2-1-3-5-9)14(26)19-11-15(27)24-12(17(28)29)10(6-33-16(11)24)7-34-18-20-21-22-23(18)8-35(30,31)32/h2*1-5,11,13,16,25H,6-8H2,(H,19,26)(H,28,29)(H,30,31,32)/t2*11-,13-,16-/m11/s1. The average molecular weight is 1090 g/mol. The first-order chi connectivity index (χ1) is 33.1. The number of carbonyl (C=O) groups excluding carboxylic acids is 4. The summed E-state index contributed by atoms with van der Waals surface area (Å²) in [6.45, 7) is 0. The fourth-order valence-electron chi connectivity index (χ4n) is 7.00. The molecule has 2 fully saturated rings. The molecule has 2 aromatic heterocycles. The van der Waals surface area contributed by atoms with Crippen LogP contribution in [0.15, 0.2) is 93.5 Å². The lowest BCUT2D eigenvalue weighted by Gasteiger charge is -2.49. The third-order valence-corrected chi connectivity index (χ3v) is 16.1. The van der Waals surface area contributed by atoms with Gasteiger partial charge in [-0.05, 0) is 43.1 Å². The summed E-state index contributed by atoms with van der Waals surface area (Å²) < 4.78 is 64.1. The van der Waals surface area contributed by atoms with Gasteiger partial charge in [0.25, 0.3) is 43.9 Å². The minimum atomic E-state index is -4.40. The van der Waals surface area contributed by atoms with Crippen molar-refractivity contribution in [3.05, 3.63) is 94.3 Å². The molecule has 0 saturated carbocycles. The fourth-order valence-corrected chi connectivity index (χ4v) is 12.9. The number of hydrogen-bond acceptors (Lipinski definition) is 22. The highest BCUT2D eigenvalue weighted by Crippen LogP contribution is 2.43. The monoisotopic (exact) mass is 1080 g/mol. The van der Waals surface area contributed by atoms with E-state index < -0.39 is 103 Å². The van der Waals surface area contributed by atoms with Gasteiger partial charge < -0.3 is 31.1 Å². The molecule has 4 aromatic rings. The fraction of sp³-hybridized carbons (Fsp3) is 0.333. The molecule has 372 valence electrons. The molecule has 6 atom stereocenters. The number of aliphatic hydroxyl groups is 2. The second-order valence-corrected chi connectivity index (χ2v) is 21.8. The number of carbonyl (C=O) groups is 6. The van der Waals surface area contributed by atoms with E-state index in [1.165, 1.54) is 23.5 Å². The maximum atomic E-state index is 12.8. The number of tetrazole rings is 2. The number of nitrogens with zero attached hydrogens (tertiary/aromatic N) is 10. The number of β-lactam (4-membered cyclic amide) rings is 2. The number of aliphatic carboxylic acids is 2. The van der Waals surface area contributed by atoms with Gasteiger partial charge in [-0.1, -0.05) is 84.2 Å². The number of carboxylic acids is 2. The smallest absolute Gasteiger partial charge is 0.352 e. The Kier molecular flexibility index (Phi) is 16.0. The van der Waals surface area contributed by atoms with E-state index in [2.05, 4.69) is 41.7 Å². The number of aromatic nitrogens is 8. The number of nitrogens with one attached hydrogen (secondary N) is 2. The molecule has 0 aliphatic carbocycles. The molecule has 4 amide bonds. The summed E-state index contributed by atoms with van der Waals surface area (Å²) in [6, 6.07) is 14.3. The minimum absolute atomic E-state index is 0.0285. The number of thioether (sulfide) groups is 4. The highest BCUT2D eigenvalue weighted by atomic mass is 32.2. The van der Waals surface area contributed by atoms with Crippen LogP contribution in [0.25, 0.3) is 0 Å². The SMILES string of the molecule is O=C(O)C1=C(CSc2nnnn2CS(=O)(=O)O)CS[C@@H]2[C@H](NC(=O)[C@H](O)c3ccccc3)C(=O)N12.O=C(O)C1=C(CSc2nnnn2CS(=O)(=O)O)CS[C@@H]2[C@H](NC(=O)[C@H](O)c3ccccc3)C(=O)N12. The minimum Gasteiger partial charge on any atom is -0.477 e. The third-order valence-electron chi connectivity index (χ3n) is 10.1. The summed E-state index contributed by atoms with van der Waals surface area (Å²) >= 11 is 4.35. The molecule has 0 bridgehead atoms. The first kappa shape index (κ1) is 51.9. The van der Waals surface area contributed by atoms with E-state index in [9.17, 15) is 66.0 Å². The highest BCUT2D eigenvalue weighted by molar-refractivity contribution is 8.01. The maximum Gasteiger partial charge on any atom is 0.352 e. The predicted molar refractivity (Wildman–Crippen MR) is 242 cm³/mol. The molecule has 0 radical (unpaired) electrons. The van der Waals surface area contributed by atoms with Gasteiger partial charge in [-0.15, -0.1) is 33.7 Å². The van der Waals surface area contributed by atoms with E-state index in [1.54, 1.807) is 60.7 Å². The van der Waals surface area contributed by atoms with Gasteiger partial charge in [-0.3, -0.25) is 38.1 Å². The van der Waals surface area contributed by atoms with Crippen molar-refractivity contribution in [2.45, 2.75) is 57.1 Å². The lowest BCUT2D eigenvalue weighted by atomic mass is 10.0. The number of amides is 4. The van der Waals surface area contributed by atoms with E-state index in [0.29, 0.717) is 22.3 Å². The van der Waals surface area contributed by atoms with Crippen LogP contribution in [-0.4, -0.2) is 178 Å². The number of benzene rings is 2. The van der Waals surface area contributed by atoms with E-state index >= 15 is 0 Å². The zero-order chi connectivity index (χ0) is 50.7. The van der Waals surface area contributed by atoms with Crippen molar-refractivity contribution in [2.24, 2.45) is 0 Å². The summed E-state index contributed by atoms with van der Waals surface area (Å²) in [4.78, 5) is 76.6. The van der Waals surface area contributed by atoms with Gasteiger partial charge >= 0.3 is 11.9 Å². The molecular weight excluding hydrogens is 1050 g/mol. The lowest BCUT2D eigenvalue weighted by molar-refractivity contribution is -0.151. The van der Waals surface area contributed by atoms with Gasteiger partial charge in [0.15, 0.2) is 24.0 Å². The van der Waals surface area contributed by atoms with Gasteiger partial charge in [0.1, 0.15) is 34.2 Å². The first-order valence-electron chi connectivity index (χ1n) is 19.7. The molecule has 0 spiro atoms. The van der Waals surface area contributed by atoms with Crippen LogP contribution in [0.4, 0.5) is 0 Å². The van der Waals surface area contributed by atoms with Crippen molar-refractivity contribution in [1.82, 2.24) is 60.8 Å². The largest absolute Gasteiger partial charge is 0.477 e. The molecule has 34 heteroatoms. The number of hydrogen-bond donors (Lipinski definition) is 8. The van der Waals surface area contributed by atoms with Crippen LogP contribution in [0.1, 0.15) is 23.3 Å². The first-order valence-corrected chi connectivity index (χ1v) is 27.0. The van der Waals surface area contributed by atoms with Crippen molar-refractivity contribution in [1.29, 1.82) is 0 Å². The van der Waals surface area contributed by atoms with Crippen LogP contribution < -0.4 is 10.6 Å². The van der Waals surface area contributed by atoms with E-state index in [1.807, 2.05) is 0 Å². The van der Waals surface area contributed by atoms with Crippen molar-refractivity contribution in [3.63, 3.8) is 0 Å². The number of aliphatic hydroxyl groups excluding tert-OH is 2. The van der Waals surface area contributed by atoms with Gasteiger partial charge in [0.05, 0.1) is 0 Å². The summed E-state index contributed by atoms with van der Waals surface area (Å²) in [5.74, 6) is -6.77. The van der Waals surface area contributed by atoms with Gasteiger partial charge in [-0.2, -0.15) is 16.8 Å². The summed E-state index contributed by atoms with van der Waals surface area (Å²) in [5.41, 5.74) is 0.960. The van der Waals surface area contributed by atoms with Crippen molar-refractivity contribution in [3.8, 4) is 0 Å². The molecular formula is C36H36N12O16S6. The number of rotatable bonds is 18. The molecule has 28 nitrogen and oxygen atoms in total. The van der Waals surface area contributed by atoms with E-state index in [-0.39, 0.29) is 44.7 Å². The molecule has 8 rings (SSSR count). The normalized spacial score (nSPS) is 20.7. The maximum absolute atomic E-state index is 12.8. The molecule has 4 aliphatic rings. The molecule has 8 N–H and O–H groups in total. The molecule has 4 aliphatic heterocycles. The Bertz CT molecular complexity index is 2800. The summed E-state index contributed by atoms with van der Waals surface area (Å²) in [5, 5.41) is 64.7. The van der Waals surface area contributed by atoms with Crippen LogP contribution >= 0.6 is 47.0 Å². The van der Waals surface area contributed by atoms with Crippen molar-refractivity contribution < 1.29 is 75.1 Å². The van der Waals surface area contributed by atoms with E-state index in [0.717, 1.165) is 42.7 Å². The van der Waals surface area contributed by atoms with Gasteiger partial charge in [0, 0.05) is 23.0 Å². The van der Waals surface area contributed by atoms with Crippen molar-refractivity contribution >= 4 is 103 Å². The highest BCUT2D eigenvalue weighted by Gasteiger charge is 2.56. The van der Waals surface area contributed by atoms with Gasteiger partial charge in [0.2, 0.25) is 10.3 Å². The molecule has 6 heterocycles. The Labute approximate surface area is 411 Å². The number of fused-ring (bicyclic) bond motifs is 2. The third kappa shape index (κ3) is 11.8. The molecule has 2 aromatic carbocycles. The van der Waals surface area contributed by atoms with Crippen LogP contribution in [0.2, 0.25) is 0 Å². The Balaban J connectivity index is 0.000000206. The zero-order valence-electron chi connectivity index (χ0n) is 35.2. The lowest BCUT2D eigenvalue weighted by Crippen LogP contribution is -2.70. The predicted octanol–water partition coefficient (Wildman–Crippen LogP) is -1.83. The van der Waals surface area contributed by atoms with E-state index in [4.69, 9.17) is 9.11 Å². The second kappa shape index (κ2) is 21.6. The Hall–Kier alpha value is -5.98. The van der Waals surface area contributed by atoms with Crippen LogP contribution in [0.3, 0.4) is 0 Å². The quantitative estimate of drug-likeness (QED) is 0.0308. The Morgan fingerprint density at radius 2 is 1.00 bits per heavy atom. The van der Waals surface area contributed by atoms with Crippen LogP contribution in [0.5, 0.6) is 0 Å². The van der Waals surface area contributed by atoms with Crippen LogP contribution in [0, 0.1) is 0 Å². The molecule has 2 saturated heterocycles. The summed E-state index contributed by atoms with van der Waals surface area (Å²) in [6.07, 6.45) is -2.97. The Morgan fingerprint density at radius 1 is 0.643 bits per heavy atom. The summed E-state index contributed by atoms with van der Waals surface area (Å²) in [7, 11) is -8.80.